The van der Waals surface area contributed by atoms with Crippen LogP contribution in [-0.2, 0) is 9.53 Å². The molecule has 0 radical (unpaired) electrons. The molecule has 1 rings (SSSR count). The molecule has 1 fully saturated rings. The Kier molecular flexibility index (Phi) is 6.65. The fourth-order valence-corrected chi connectivity index (χ4v) is 2.41. The number of rotatable bonds is 4. The van der Waals surface area contributed by atoms with Crippen molar-refractivity contribution in [2.45, 2.75) is 39.2 Å². The highest BCUT2D eigenvalue weighted by molar-refractivity contribution is 7.98. The minimum atomic E-state index is -0.495. The summed E-state index contributed by atoms with van der Waals surface area (Å²) in [7, 11) is 0. The minimum absolute atomic E-state index is 0.0484. The van der Waals surface area contributed by atoms with Gasteiger partial charge in [-0.2, -0.15) is 11.8 Å². The maximum atomic E-state index is 12.0. The molecule has 0 saturated carbocycles. The largest absolute Gasteiger partial charge is 0.444 e. The van der Waals surface area contributed by atoms with Crippen molar-refractivity contribution >= 4 is 23.8 Å². The van der Waals surface area contributed by atoms with E-state index in [1.54, 1.807) is 16.7 Å². The summed E-state index contributed by atoms with van der Waals surface area (Å²) in [5.41, 5.74) is -0.495. The van der Waals surface area contributed by atoms with Crippen molar-refractivity contribution in [1.82, 2.24) is 10.2 Å². The van der Waals surface area contributed by atoms with E-state index in [1.165, 1.54) is 0 Å². The molecule has 2 amide bonds. The van der Waals surface area contributed by atoms with Gasteiger partial charge in [-0.3, -0.25) is 4.79 Å². The molecule has 1 unspecified atom stereocenters. The molecule has 5 nitrogen and oxygen atoms in total. The molecule has 20 heavy (non-hydrogen) atoms. The van der Waals surface area contributed by atoms with Crippen molar-refractivity contribution in [1.29, 1.82) is 0 Å². The highest BCUT2D eigenvalue weighted by Crippen LogP contribution is 2.19. The first kappa shape index (κ1) is 17.1. The third-order valence-corrected chi connectivity index (χ3v) is 3.66. The number of ether oxygens (including phenoxy) is 1. The molecular weight excluding hydrogens is 276 g/mol. The maximum absolute atomic E-state index is 12.0. The maximum Gasteiger partial charge on any atom is 0.410 e. The Labute approximate surface area is 125 Å². The quantitative estimate of drug-likeness (QED) is 0.808. The summed E-state index contributed by atoms with van der Waals surface area (Å²) in [4.78, 5) is 25.7. The topological polar surface area (TPSA) is 58.6 Å². The van der Waals surface area contributed by atoms with Crippen molar-refractivity contribution < 1.29 is 14.3 Å². The normalized spacial score (nSPS) is 19.6. The predicted octanol–water partition coefficient (Wildman–Crippen LogP) is 2.11. The number of carbonyl (C=O) groups is 2. The monoisotopic (exact) mass is 302 g/mol. The van der Waals surface area contributed by atoms with Gasteiger partial charge in [0.1, 0.15) is 5.60 Å². The average molecular weight is 302 g/mol. The van der Waals surface area contributed by atoms with E-state index in [4.69, 9.17) is 4.74 Å². The van der Waals surface area contributed by atoms with E-state index in [1.807, 2.05) is 27.0 Å². The van der Waals surface area contributed by atoms with Gasteiger partial charge < -0.3 is 15.0 Å². The number of piperidine rings is 1. The first-order valence-corrected chi connectivity index (χ1v) is 8.47. The highest BCUT2D eigenvalue weighted by atomic mass is 32.2. The molecule has 0 spiro atoms. The Hall–Kier alpha value is -0.910. The molecule has 0 aromatic heterocycles. The Balaban J connectivity index is 2.45. The summed E-state index contributed by atoms with van der Waals surface area (Å²) in [6.07, 6.45) is 3.38. The Bertz CT molecular complexity index is 342. The van der Waals surface area contributed by atoms with Crippen molar-refractivity contribution in [3.05, 3.63) is 0 Å². The third kappa shape index (κ3) is 6.03. The van der Waals surface area contributed by atoms with Gasteiger partial charge in [0.25, 0.3) is 0 Å². The van der Waals surface area contributed by atoms with Gasteiger partial charge in [0.15, 0.2) is 0 Å². The number of carbonyl (C=O) groups excluding carboxylic acids is 2. The van der Waals surface area contributed by atoms with Crippen LogP contribution in [0.25, 0.3) is 0 Å². The first-order valence-electron chi connectivity index (χ1n) is 7.08. The number of thioether (sulfide) groups is 1. The molecule has 0 aliphatic carbocycles. The summed E-state index contributed by atoms with van der Waals surface area (Å²) in [5, 5.41) is 2.92. The van der Waals surface area contributed by atoms with Crippen LogP contribution in [0.2, 0.25) is 0 Å². The molecule has 0 aromatic rings. The van der Waals surface area contributed by atoms with Crippen LogP contribution in [0, 0.1) is 5.92 Å². The van der Waals surface area contributed by atoms with E-state index in [-0.39, 0.29) is 17.9 Å². The molecule has 0 aromatic carbocycles. The van der Waals surface area contributed by atoms with Gasteiger partial charge in [0.05, 0.1) is 5.92 Å². The van der Waals surface area contributed by atoms with Gasteiger partial charge >= 0.3 is 6.09 Å². The summed E-state index contributed by atoms with van der Waals surface area (Å²) in [6, 6.07) is 0. The van der Waals surface area contributed by atoms with Crippen LogP contribution in [0.3, 0.4) is 0 Å². The predicted molar refractivity (Wildman–Crippen MR) is 81.9 cm³/mol. The lowest BCUT2D eigenvalue weighted by Crippen LogP contribution is -2.47. The number of likely N-dealkylation sites (tertiary alicyclic amines) is 1. The number of nitrogens with zero attached hydrogens (tertiary/aromatic N) is 1. The average Bonchev–Trinajstić information content (AvgIpc) is 2.37. The van der Waals surface area contributed by atoms with Gasteiger partial charge in [-0.1, -0.05) is 0 Å². The van der Waals surface area contributed by atoms with Crippen LogP contribution in [0.15, 0.2) is 0 Å². The second-order valence-electron chi connectivity index (χ2n) is 6.05. The van der Waals surface area contributed by atoms with E-state index in [0.717, 1.165) is 18.6 Å². The zero-order chi connectivity index (χ0) is 15.2. The van der Waals surface area contributed by atoms with E-state index >= 15 is 0 Å². The van der Waals surface area contributed by atoms with Crippen LogP contribution < -0.4 is 5.32 Å². The fraction of sp³-hybridized carbons (Fsp3) is 0.857. The zero-order valence-corrected chi connectivity index (χ0v) is 13.7. The van der Waals surface area contributed by atoms with E-state index in [2.05, 4.69) is 5.32 Å². The summed E-state index contributed by atoms with van der Waals surface area (Å²) in [5.74, 6) is 0.847. The number of nitrogens with one attached hydrogen (secondary N) is 1. The van der Waals surface area contributed by atoms with E-state index in [0.29, 0.717) is 19.6 Å². The molecule has 1 saturated heterocycles. The zero-order valence-electron chi connectivity index (χ0n) is 12.9. The summed E-state index contributed by atoms with van der Waals surface area (Å²) < 4.78 is 5.36. The molecule has 1 atom stereocenters. The lowest BCUT2D eigenvalue weighted by molar-refractivity contribution is -0.126. The second-order valence-corrected chi connectivity index (χ2v) is 7.03. The van der Waals surface area contributed by atoms with Crippen LogP contribution in [0.4, 0.5) is 4.79 Å². The van der Waals surface area contributed by atoms with Crippen LogP contribution in [-0.4, -0.2) is 54.1 Å². The van der Waals surface area contributed by atoms with Gasteiger partial charge in [-0.05, 0) is 39.9 Å². The van der Waals surface area contributed by atoms with Gasteiger partial charge in [-0.15, -0.1) is 0 Å². The Morgan fingerprint density at radius 2 is 2.10 bits per heavy atom. The second kappa shape index (κ2) is 7.76. The van der Waals surface area contributed by atoms with Gasteiger partial charge in [0, 0.05) is 25.4 Å². The first-order chi connectivity index (χ1) is 9.33. The Morgan fingerprint density at radius 1 is 1.40 bits per heavy atom. The minimum Gasteiger partial charge on any atom is -0.444 e. The molecule has 1 aliphatic rings. The fourth-order valence-electron chi connectivity index (χ4n) is 2.10. The van der Waals surface area contributed by atoms with Gasteiger partial charge in [0.2, 0.25) is 5.91 Å². The number of amides is 2. The van der Waals surface area contributed by atoms with Crippen molar-refractivity contribution in [3.8, 4) is 0 Å². The molecule has 116 valence electrons. The highest BCUT2D eigenvalue weighted by Gasteiger charge is 2.30. The summed E-state index contributed by atoms with van der Waals surface area (Å²) in [6.45, 7) is 7.36. The van der Waals surface area contributed by atoms with Crippen molar-refractivity contribution in [2.75, 3.05) is 31.6 Å². The third-order valence-electron chi connectivity index (χ3n) is 3.05. The van der Waals surface area contributed by atoms with Crippen LogP contribution in [0.1, 0.15) is 33.6 Å². The molecule has 6 heteroatoms. The standard InChI is InChI=1S/C14H26N2O3S/c1-14(2,3)19-13(18)16-8-5-6-11(10-16)12(17)15-7-9-20-4/h11H,5-10H2,1-4H3,(H,15,17). The smallest absolute Gasteiger partial charge is 0.410 e. The number of hydrogen-bond acceptors (Lipinski definition) is 4. The molecule has 1 aliphatic heterocycles. The SMILES string of the molecule is CSCCNC(=O)C1CCCN(C(=O)OC(C)(C)C)C1. The van der Waals surface area contributed by atoms with Crippen LogP contribution >= 0.6 is 11.8 Å². The van der Waals surface area contributed by atoms with Gasteiger partial charge in [-0.25, -0.2) is 4.79 Å². The van der Waals surface area contributed by atoms with Crippen molar-refractivity contribution in [3.63, 3.8) is 0 Å². The summed E-state index contributed by atoms with van der Waals surface area (Å²) >= 11 is 1.70. The van der Waals surface area contributed by atoms with E-state index < -0.39 is 5.60 Å². The van der Waals surface area contributed by atoms with E-state index in [9.17, 15) is 9.59 Å². The molecule has 0 bridgehead atoms. The van der Waals surface area contributed by atoms with Crippen LogP contribution in [0.5, 0.6) is 0 Å². The number of hydrogen-bond donors (Lipinski definition) is 1. The lowest BCUT2D eigenvalue weighted by Gasteiger charge is -2.33. The molecule has 1 heterocycles. The Morgan fingerprint density at radius 3 is 2.70 bits per heavy atom. The lowest BCUT2D eigenvalue weighted by atomic mass is 9.97. The molecule has 1 N–H and O–H groups in total. The molecular formula is C14H26N2O3S. The van der Waals surface area contributed by atoms with Crippen molar-refractivity contribution in [2.24, 2.45) is 5.92 Å².